The van der Waals surface area contributed by atoms with E-state index in [-0.39, 0.29) is 26.2 Å². The first-order chi connectivity index (χ1) is 9.10. The molecule has 106 valence electrons. The van der Waals surface area contributed by atoms with Gasteiger partial charge in [-0.15, -0.1) is 0 Å². The minimum Gasteiger partial charge on any atom is -0.497 e. The van der Waals surface area contributed by atoms with E-state index in [0.29, 0.717) is 11.3 Å². The molecule has 0 fully saturated rings. The van der Waals surface area contributed by atoms with Gasteiger partial charge in [-0.3, -0.25) is 4.79 Å². The third kappa shape index (κ3) is 3.44. The number of amides is 1. The number of aliphatic hydroxyl groups excluding tert-OH is 1. The Morgan fingerprint density at radius 1 is 1.47 bits per heavy atom. The van der Waals surface area contributed by atoms with Crippen LogP contribution in [-0.4, -0.2) is 37.9 Å². The van der Waals surface area contributed by atoms with Crippen molar-refractivity contribution < 1.29 is 19.4 Å². The van der Waals surface area contributed by atoms with E-state index in [1.807, 2.05) is 0 Å². The lowest BCUT2D eigenvalue weighted by atomic mass is 9.89. The topological polar surface area (TPSA) is 108 Å². The van der Waals surface area contributed by atoms with E-state index in [1.54, 1.807) is 24.3 Å². The van der Waals surface area contributed by atoms with Gasteiger partial charge in [-0.2, -0.15) is 0 Å². The van der Waals surface area contributed by atoms with E-state index < -0.39 is 11.5 Å². The second-order valence-corrected chi connectivity index (χ2v) is 4.03. The zero-order valence-corrected chi connectivity index (χ0v) is 11.0. The van der Waals surface area contributed by atoms with E-state index in [0.717, 1.165) is 0 Å². The second-order valence-electron chi connectivity index (χ2n) is 4.03. The average molecular weight is 268 g/mol. The number of ether oxygens (including phenoxy) is 2. The summed E-state index contributed by atoms with van der Waals surface area (Å²) in [5.74, 6) is -0.0827. The number of carbonyl (C=O) groups excluding carboxylic acids is 1. The summed E-state index contributed by atoms with van der Waals surface area (Å²) in [6.07, 6.45) is 0.0650. The molecule has 0 saturated carbocycles. The number of carbonyl (C=O) groups is 1. The molecule has 6 nitrogen and oxygen atoms in total. The quantitative estimate of drug-likeness (QED) is 0.601. The summed E-state index contributed by atoms with van der Waals surface area (Å²) in [7, 11) is 1.53. The normalized spacial score (nSPS) is 13.8. The van der Waals surface area contributed by atoms with Crippen LogP contribution in [0.5, 0.6) is 5.75 Å². The maximum absolute atomic E-state index is 11.8. The molecular formula is C13H20N2O4. The number of methoxy groups -OCH3 is 1. The van der Waals surface area contributed by atoms with Crippen molar-refractivity contribution in [3.8, 4) is 5.75 Å². The molecule has 0 aliphatic heterocycles. The number of hydrogen-bond donors (Lipinski definition) is 3. The number of primary amides is 1. The van der Waals surface area contributed by atoms with Crippen LogP contribution < -0.4 is 16.2 Å². The molecule has 0 radical (unpaired) electrons. The van der Waals surface area contributed by atoms with Gasteiger partial charge in [-0.25, -0.2) is 0 Å². The third-order valence-corrected chi connectivity index (χ3v) is 2.86. The van der Waals surface area contributed by atoms with Crippen molar-refractivity contribution in [2.45, 2.75) is 12.0 Å². The highest BCUT2D eigenvalue weighted by Crippen LogP contribution is 2.31. The number of aliphatic hydroxyl groups is 1. The minimum atomic E-state index is -1.39. The van der Waals surface area contributed by atoms with Gasteiger partial charge in [0.1, 0.15) is 5.75 Å². The van der Waals surface area contributed by atoms with Crippen LogP contribution in [0.1, 0.15) is 12.0 Å². The summed E-state index contributed by atoms with van der Waals surface area (Å²) in [6, 6.07) is 6.85. The van der Waals surface area contributed by atoms with Gasteiger partial charge in [0.15, 0.2) is 5.60 Å². The predicted molar refractivity (Wildman–Crippen MR) is 70.6 cm³/mol. The van der Waals surface area contributed by atoms with Gasteiger partial charge in [0.2, 0.25) is 0 Å². The Bertz CT molecular complexity index is 425. The summed E-state index contributed by atoms with van der Waals surface area (Å²) >= 11 is 0. The van der Waals surface area contributed by atoms with Crippen LogP contribution in [-0.2, 0) is 15.1 Å². The first kappa shape index (κ1) is 15.4. The number of nitrogens with two attached hydrogens (primary N) is 2. The molecule has 0 aliphatic rings. The molecule has 6 heteroatoms. The van der Waals surface area contributed by atoms with Gasteiger partial charge in [0, 0.05) is 19.6 Å². The molecule has 1 atom stereocenters. The molecule has 5 N–H and O–H groups in total. The first-order valence-corrected chi connectivity index (χ1v) is 6.00. The van der Waals surface area contributed by atoms with E-state index in [4.69, 9.17) is 20.9 Å². The highest BCUT2D eigenvalue weighted by molar-refractivity contribution is 5.85. The van der Waals surface area contributed by atoms with Crippen molar-refractivity contribution >= 4 is 5.91 Å². The Morgan fingerprint density at radius 2 is 2.21 bits per heavy atom. The molecule has 0 bridgehead atoms. The largest absolute Gasteiger partial charge is 0.497 e. The molecule has 0 aromatic heterocycles. The lowest BCUT2D eigenvalue weighted by Gasteiger charge is -2.30. The molecule has 0 heterocycles. The number of benzene rings is 1. The highest BCUT2D eigenvalue weighted by atomic mass is 16.5. The number of rotatable bonds is 8. The molecule has 1 aromatic rings. The minimum absolute atomic E-state index is 0.0650. The Balaban J connectivity index is 3.21. The molecule has 1 rings (SSSR count). The van der Waals surface area contributed by atoms with Crippen molar-refractivity contribution in [3.63, 3.8) is 0 Å². The van der Waals surface area contributed by atoms with Crippen molar-refractivity contribution in [2.24, 2.45) is 11.5 Å². The van der Waals surface area contributed by atoms with Crippen LogP contribution in [0.3, 0.4) is 0 Å². The lowest BCUT2D eigenvalue weighted by Crippen LogP contribution is -2.45. The third-order valence-electron chi connectivity index (χ3n) is 2.86. The first-order valence-electron chi connectivity index (χ1n) is 6.00. The smallest absolute Gasteiger partial charge is 0.254 e. The summed E-state index contributed by atoms with van der Waals surface area (Å²) in [5, 5.41) is 9.19. The Kier molecular flexibility index (Phi) is 5.75. The molecule has 0 spiro atoms. The maximum Gasteiger partial charge on any atom is 0.254 e. The van der Waals surface area contributed by atoms with Gasteiger partial charge in [0.05, 0.1) is 13.7 Å². The predicted octanol–water partition coefficient (Wildman–Crippen LogP) is -0.266. The Morgan fingerprint density at radius 3 is 2.74 bits per heavy atom. The Labute approximate surface area is 112 Å². The fourth-order valence-electron chi connectivity index (χ4n) is 1.90. The SMILES string of the molecule is COc1cccc(C(CCO)(OCCN)C(N)=O)c1. The lowest BCUT2D eigenvalue weighted by molar-refractivity contribution is -0.147. The van der Waals surface area contributed by atoms with Gasteiger partial charge >= 0.3 is 0 Å². The Hall–Kier alpha value is -1.63. The second kappa shape index (κ2) is 7.08. The van der Waals surface area contributed by atoms with Crippen LogP contribution in [0, 0.1) is 0 Å². The van der Waals surface area contributed by atoms with E-state index in [1.165, 1.54) is 7.11 Å². The molecule has 1 unspecified atom stereocenters. The van der Waals surface area contributed by atoms with Crippen LogP contribution in [0.15, 0.2) is 24.3 Å². The van der Waals surface area contributed by atoms with E-state index >= 15 is 0 Å². The maximum atomic E-state index is 11.8. The van der Waals surface area contributed by atoms with E-state index in [9.17, 15) is 9.90 Å². The van der Waals surface area contributed by atoms with Gasteiger partial charge in [-0.1, -0.05) is 12.1 Å². The molecule has 0 saturated heterocycles. The van der Waals surface area contributed by atoms with Gasteiger partial charge in [0.25, 0.3) is 5.91 Å². The summed E-state index contributed by atoms with van der Waals surface area (Å²) < 4.78 is 10.7. The molecule has 0 aliphatic carbocycles. The summed E-state index contributed by atoms with van der Waals surface area (Å²) in [5.41, 5.74) is 10.0. The number of hydrogen-bond acceptors (Lipinski definition) is 5. The fourth-order valence-corrected chi connectivity index (χ4v) is 1.90. The summed E-state index contributed by atoms with van der Waals surface area (Å²) in [4.78, 5) is 11.8. The molecule has 19 heavy (non-hydrogen) atoms. The van der Waals surface area contributed by atoms with Gasteiger partial charge < -0.3 is 26.0 Å². The van der Waals surface area contributed by atoms with Crippen LogP contribution in [0.4, 0.5) is 0 Å². The molecular weight excluding hydrogens is 248 g/mol. The zero-order chi connectivity index (χ0) is 14.3. The monoisotopic (exact) mass is 268 g/mol. The summed E-state index contributed by atoms with van der Waals surface area (Å²) in [6.45, 7) is 0.190. The van der Waals surface area contributed by atoms with Crippen molar-refractivity contribution in [2.75, 3.05) is 26.9 Å². The highest BCUT2D eigenvalue weighted by Gasteiger charge is 2.39. The van der Waals surface area contributed by atoms with Crippen molar-refractivity contribution in [3.05, 3.63) is 29.8 Å². The van der Waals surface area contributed by atoms with Crippen LogP contribution >= 0.6 is 0 Å². The van der Waals surface area contributed by atoms with Gasteiger partial charge in [-0.05, 0) is 17.7 Å². The molecule has 1 aromatic carbocycles. The standard InChI is InChI=1S/C13H20N2O4/c1-18-11-4-2-3-10(9-11)13(5-7-16,12(15)17)19-8-6-14/h2-4,9,16H,5-8,14H2,1H3,(H2,15,17). The van der Waals surface area contributed by atoms with Crippen LogP contribution in [0.2, 0.25) is 0 Å². The molecule has 1 amide bonds. The fraction of sp³-hybridized carbons (Fsp3) is 0.462. The van der Waals surface area contributed by atoms with Crippen molar-refractivity contribution in [1.29, 1.82) is 0 Å². The van der Waals surface area contributed by atoms with Crippen LogP contribution in [0.25, 0.3) is 0 Å². The van der Waals surface area contributed by atoms with E-state index in [2.05, 4.69) is 0 Å². The van der Waals surface area contributed by atoms with Crippen molar-refractivity contribution in [1.82, 2.24) is 0 Å². The zero-order valence-electron chi connectivity index (χ0n) is 11.0. The average Bonchev–Trinajstić information content (AvgIpc) is 2.43.